The van der Waals surface area contributed by atoms with Crippen LogP contribution in [-0.2, 0) is 14.8 Å². The van der Waals surface area contributed by atoms with Gasteiger partial charge >= 0.3 is 5.97 Å². The van der Waals surface area contributed by atoms with E-state index in [1.54, 1.807) is 6.92 Å². The van der Waals surface area contributed by atoms with E-state index < -0.39 is 27.9 Å². The lowest BCUT2D eigenvalue weighted by molar-refractivity contribution is -0.137. The van der Waals surface area contributed by atoms with Crippen LogP contribution in [0.25, 0.3) is 0 Å². The molecule has 1 rings (SSSR count). The van der Waals surface area contributed by atoms with Gasteiger partial charge in [-0.3, -0.25) is 4.79 Å². The number of nitrogens with zero attached hydrogens (tertiary/aromatic N) is 1. The highest BCUT2D eigenvalue weighted by Gasteiger charge is 2.30. The second-order valence-electron chi connectivity index (χ2n) is 4.23. The molecule has 8 heteroatoms. The minimum absolute atomic E-state index is 0.0852. The van der Waals surface area contributed by atoms with Crippen LogP contribution in [0.15, 0.2) is 27.6 Å². The van der Waals surface area contributed by atoms with Crippen molar-refractivity contribution in [2.75, 3.05) is 6.54 Å². The van der Waals surface area contributed by atoms with Crippen LogP contribution in [0.1, 0.15) is 20.3 Å². The molecule has 0 aromatic heterocycles. The fourth-order valence-electron chi connectivity index (χ4n) is 1.88. The summed E-state index contributed by atoms with van der Waals surface area (Å²) in [7, 11) is -3.89. The van der Waals surface area contributed by atoms with E-state index in [0.29, 0.717) is 0 Å². The largest absolute Gasteiger partial charge is 0.481 e. The zero-order valence-electron chi connectivity index (χ0n) is 11.0. The molecule has 0 aliphatic heterocycles. The van der Waals surface area contributed by atoms with Crippen molar-refractivity contribution >= 4 is 31.9 Å². The Morgan fingerprint density at radius 3 is 2.55 bits per heavy atom. The third-order valence-electron chi connectivity index (χ3n) is 2.75. The molecule has 0 bridgehead atoms. The summed E-state index contributed by atoms with van der Waals surface area (Å²) in [6.07, 6.45) is -0.300. The minimum atomic E-state index is -3.89. The Morgan fingerprint density at radius 2 is 2.10 bits per heavy atom. The summed E-state index contributed by atoms with van der Waals surface area (Å²) in [5.74, 6) is -1.64. The second-order valence-corrected chi connectivity index (χ2v) is 6.94. The van der Waals surface area contributed by atoms with Crippen molar-refractivity contribution in [3.05, 3.63) is 28.5 Å². The maximum atomic E-state index is 13.0. The molecule has 1 aromatic carbocycles. The number of hydrogen-bond donors (Lipinski definition) is 1. The molecule has 0 saturated heterocycles. The Morgan fingerprint density at radius 1 is 1.50 bits per heavy atom. The first-order valence-corrected chi connectivity index (χ1v) is 8.12. The summed E-state index contributed by atoms with van der Waals surface area (Å²) in [6.45, 7) is 3.26. The highest BCUT2D eigenvalue weighted by molar-refractivity contribution is 9.10. The predicted octanol–water partition coefficient (Wildman–Crippen LogP) is 2.46. The zero-order chi connectivity index (χ0) is 15.5. The number of hydrogen-bond acceptors (Lipinski definition) is 3. The van der Waals surface area contributed by atoms with Crippen LogP contribution >= 0.6 is 15.9 Å². The summed E-state index contributed by atoms with van der Waals surface area (Å²) in [6, 6.07) is 2.57. The maximum Gasteiger partial charge on any atom is 0.304 e. The zero-order valence-corrected chi connectivity index (χ0v) is 13.4. The quantitative estimate of drug-likeness (QED) is 0.837. The van der Waals surface area contributed by atoms with Crippen molar-refractivity contribution in [2.24, 2.45) is 0 Å². The summed E-state index contributed by atoms with van der Waals surface area (Å²) >= 11 is 3.02. The molecular weight excluding hydrogens is 353 g/mol. The number of sulfonamides is 1. The highest BCUT2D eigenvalue weighted by atomic mass is 79.9. The lowest BCUT2D eigenvalue weighted by atomic mass is 10.2. The van der Waals surface area contributed by atoms with Crippen LogP contribution in [0.2, 0.25) is 0 Å². The normalized spacial score (nSPS) is 13.4. The van der Waals surface area contributed by atoms with Gasteiger partial charge in [0.25, 0.3) is 0 Å². The third-order valence-corrected chi connectivity index (χ3v) is 5.82. The molecule has 0 fully saturated rings. The van der Waals surface area contributed by atoms with Gasteiger partial charge in [0.15, 0.2) is 0 Å². The standard InChI is InChI=1S/C12H15BrFNO4S/c1-3-15(8(2)6-12(16)17)20(18,19)11-5-4-9(14)7-10(11)13/h4-5,7-8H,3,6H2,1-2H3,(H,16,17). The van der Waals surface area contributed by atoms with Crippen molar-refractivity contribution in [1.82, 2.24) is 4.31 Å². The van der Waals surface area contributed by atoms with Gasteiger partial charge in [-0.25, -0.2) is 12.8 Å². The molecule has 1 atom stereocenters. The number of carboxylic acids is 1. The van der Waals surface area contributed by atoms with Gasteiger partial charge in [-0.1, -0.05) is 6.92 Å². The van der Waals surface area contributed by atoms with Crippen LogP contribution in [0.3, 0.4) is 0 Å². The summed E-state index contributed by atoms with van der Waals surface area (Å²) in [5, 5.41) is 8.78. The van der Waals surface area contributed by atoms with Crippen molar-refractivity contribution < 1.29 is 22.7 Å². The van der Waals surface area contributed by atoms with E-state index >= 15 is 0 Å². The molecule has 20 heavy (non-hydrogen) atoms. The minimum Gasteiger partial charge on any atom is -0.481 e. The first-order chi connectivity index (χ1) is 9.20. The van der Waals surface area contributed by atoms with Gasteiger partial charge in [0.05, 0.1) is 11.3 Å². The van der Waals surface area contributed by atoms with E-state index in [9.17, 15) is 17.6 Å². The molecule has 0 aliphatic carbocycles. The second kappa shape index (κ2) is 6.64. The average Bonchev–Trinajstić information content (AvgIpc) is 2.27. The molecule has 0 aliphatic rings. The molecule has 112 valence electrons. The molecular formula is C12H15BrFNO4S. The Labute approximate surface area is 125 Å². The highest BCUT2D eigenvalue weighted by Crippen LogP contribution is 2.27. The summed E-state index contributed by atoms with van der Waals surface area (Å²) in [5.41, 5.74) is 0. The Balaban J connectivity index is 3.21. The number of rotatable bonds is 6. The molecule has 1 N–H and O–H groups in total. The lowest BCUT2D eigenvalue weighted by Gasteiger charge is -2.26. The van der Waals surface area contributed by atoms with Gasteiger partial charge < -0.3 is 5.11 Å². The van der Waals surface area contributed by atoms with E-state index in [1.165, 1.54) is 6.92 Å². The fourth-order valence-corrected chi connectivity index (χ4v) is 4.53. The van der Waals surface area contributed by atoms with Gasteiger partial charge in [-0.15, -0.1) is 0 Å². The number of halogens is 2. The van der Waals surface area contributed by atoms with Crippen LogP contribution in [-0.4, -0.2) is 36.4 Å². The number of benzene rings is 1. The van der Waals surface area contributed by atoms with Gasteiger partial charge in [0.2, 0.25) is 10.0 Å². The maximum absolute atomic E-state index is 13.0. The van der Waals surface area contributed by atoms with E-state index in [-0.39, 0.29) is 22.3 Å². The molecule has 0 spiro atoms. The van der Waals surface area contributed by atoms with Gasteiger partial charge in [0.1, 0.15) is 5.82 Å². The van der Waals surface area contributed by atoms with E-state index in [2.05, 4.69) is 15.9 Å². The molecule has 1 aromatic rings. The molecule has 1 unspecified atom stereocenters. The first-order valence-electron chi connectivity index (χ1n) is 5.88. The summed E-state index contributed by atoms with van der Waals surface area (Å²) < 4.78 is 39.2. The first kappa shape index (κ1) is 17.1. The van der Waals surface area contributed by atoms with Gasteiger partial charge in [0, 0.05) is 17.1 Å². The van der Waals surface area contributed by atoms with Crippen molar-refractivity contribution in [3.8, 4) is 0 Å². The molecule has 0 heterocycles. The van der Waals surface area contributed by atoms with E-state index in [1.807, 2.05) is 0 Å². The molecule has 0 radical (unpaired) electrons. The van der Waals surface area contributed by atoms with Gasteiger partial charge in [-0.05, 0) is 41.1 Å². The third kappa shape index (κ3) is 3.77. The predicted molar refractivity (Wildman–Crippen MR) is 75.4 cm³/mol. The molecule has 0 saturated carbocycles. The molecule has 0 amide bonds. The number of carbonyl (C=O) groups is 1. The van der Waals surface area contributed by atoms with Crippen LogP contribution < -0.4 is 0 Å². The van der Waals surface area contributed by atoms with E-state index in [4.69, 9.17) is 5.11 Å². The summed E-state index contributed by atoms with van der Waals surface area (Å²) in [4.78, 5) is 10.6. The van der Waals surface area contributed by atoms with E-state index in [0.717, 1.165) is 22.5 Å². The fraction of sp³-hybridized carbons (Fsp3) is 0.417. The monoisotopic (exact) mass is 367 g/mol. The number of carboxylic acid groups (broad SMARTS) is 1. The molecule has 5 nitrogen and oxygen atoms in total. The van der Waals surface area contributed by atoms with Crippen molar-refractivity contribution in [2.45, 2.75) is 31.2 Å². The van der Waals surface area contributed by atoms with Crippen LogP contribution in [0.5, 0.6) is 0 Å². The number of aliphatic carboxylic acids is 1. The van der Waals surface area contributed by atoms with Crippen LogP contribution in [0.4, 0.5) is 4.39 Å². The average molecular weight is 368 g/mol. The van der Waals surface area contributed by atoms with Crippen molar-refractivity contribution in [1.29, 1.82) is 0 Å². The SMILES string of the molecule is CCN(C(C)CC(=O)O)S(=O)(=O)c1ccc(F)cc1Br. The Bertz CT molecular complexity index is 605. The topological polar surface area (TPSA) is 74.7 Å². The van der Waals surface area contributed by atoms with Crippen molar-refractivity contribution in [3.63, 3.8) is 0 Å². The Hall–Kier alpha value is -0.990. The van der Waals surface area contributed by atoms with Crippen LogP contribution in [0, 0.1) is 5.82 Å². The lowest BCUT2D eigenvalue weighted by Crippen LogP contribution is -2.39. The van der Waals surface area contributed by atoms with Gasteiger partial charge in [-0.2, -0.15) is 4.31 Å². The smallest absolute Gasteiger partial charge is 0.304 e. The Kier molecular flexibility index (Phi) is 5.67.